The fourth-order valence-electron chi connectivity index (χ4n) is 3.76. The summed E-state index contributed by atoms with van der Waals surface area (Å²) in [5.74, 6) is -2.56. The molecule has 2 heterocycles. The first-order chi connectivity index (χ1) is 16.9. The topological polar surface area (TPSA) is 170 Å². The van der Waals surface area contributed by atoms with Crippen LogP contribution in [-0.4, -0.2) is 77.0 Å². The van der Waals surface area contributed by atoms with Crippen LogP contribution in [0.3, 0.4) is 0 Å². The summed E-state index contributed by atoms with van der Waals surface area (Å²) < 4.78 is 10.1. The van der Waals surface area contributed by atoms with E-state index in [1.807, 2.05) is 0 Å². The maximum atomic E-state index is 13.2. The van der Waals surface area contributed by atoms with E-state index in [0.717, 1.165) is 7.11 Å². The van der Waals surface area contributed by atoms with Crippen molar-refractivity contribution in [2.24, 2.45) is 5.73 Å². The molecule has 36 heavy (non-hydrogen) atoms. The molecule has 2 rings (SSSR count). The molecule has 0 saturated carbocycles. The number of hydrogen-bond acceptors (Lipinski definition) is 8. The Hall–Kier alpha value is -3.70. The summed E-state index contributed by atoms with van der Waals surface area (Å²) >= 11 is 0. The number of likely N-dealkylation sites (tertiary alicyclic amines) is 1. The summed E-state index contributed by atoms with van der Waals surface area (Å²) in [6.45, 7) is 5.56. The maximum absolute atomic E-state index is 13.2. The highest BCUT2D eigenvalue weighted by Crippen LogP contribution is 2.21. The lowest BCUT2D eigenvalue weighted by Gasteiger charge is -2.29. The lowest BCUT2D eigenvalue weighted by molar-refractivity contribution is -0.145. The Kier molecular flexibility index (Phi) is 10.2. The van der Waals surface area contributed by atoms with Crippen LogP contribution < -0.4 is 16.4 Å². The van der Waals surface area contributed by atoms with Crippen LogP contribution in [0.5, 0.6) is 0 Å². The molecule has 0 radical (unpaired) electrons. The fraction of sp³-hybridized carbons (Fsp3) is 0.583. The van der Waals surface area contributed by atoms with Crippen LogP contribution in [0.2, 0.25) is 0 Å². The summed E-state index contributed by atoms with van der Waals surface area (Å²) in [6, 6.07) is 0.400. The van der Waals surface area contributed by atoms with Crippen LogP contribution in [0.25, 0.3) is 0 Å². The zero-order valence-electron chi connectivity index (χ0n) is 21.1. The number of rotatable bonds is 10. The van der Waals surface area contributed by atoms with Gasteiger partial charge in [0.2, 0.25) is 17.7 Å². The molecule has 1 aromatic rings. The van der Waals surface area contributed by atoms with Gasteiger partial charge in [0, 0.05) is 31.8 Å². The van der Waals surface area contributed by atoms with Crippen molar-refractivity contribution in [3.05, 3.63) is 30.1 Å². The molecule has 198 valence electrons. The molecule has 0 aromatic carbocycles. The molecule has 1 fully saturated rings. The van der Waals surface area contributed by atoms with Crippen molar-refractivity contribution in [2.45, 2.75) is 76.6 Å². The van der Waals surface area contributed by atoms with Gasteiger partial charge < -0.3 is 25.8 Å². The molecule has 0 unspecified atom stereocenters. The highest BCUT2D eigenvalue weighted by molar-refractivity contribution is 5.93. The molecule has 4 N–H and O–H groups in total. The van der Waals surface area contributed by atoms with Crippen LogP contribution in [0.4, 0.5) is 4.79 Å². The third kappa shape index (κ3) is 8.82. The third-order valence-electron chi connectivity index (χ3n) is 5.46. The van der Waals surface area contributed by atoms with Gasteiger partial charge >= 0.3 is 12.1 Å². The molecule has 0 bridgehead atoms. The van der Waals surface area contributed by atoms with Gasteiger partial charge in [-0.15, -0.1) is 0 Å². The van der Waals surface area contributed by atoms with Crippen molar-refractivity contribution in [3.8, 4) is 0 Å². The SMILES string of the molecule is COC(=O)[C@H](CCC(N)=O)NC(=O)[C@H](Cc1cccnc1)NC(=O)[C@@H]1CCCN1C(=O)OC(C)(C)C. The summed E-state index contributed by atoms with van der Waals surface area (Å²) in [5, 5.41) is 5.25. The van der Waals surface area contributed by atoms with Crippen LogP contribution in [-0.2, 0) is 35.1 Å². The van der Waals surface area contributed by atoms with Crippen LogP contribution >= 0.6 is 0 Å². The predicted octanol–water partition coefficient (Wildman–Crippen LogP) is 0.432. The predicted molar refractivity (Wildman–Crippen MR) is 128 cm³/mol. The molecule has 12 heteroatoms. The van der Waals surface area contributed by atoms with Crippen molar-refractivity contribution in [1.29, 1.82) is 0 Å². The Bertz CT molecular complexity index is 948. The van der Waals surface area contributed by atoms with E-state index in [9.17, 15) is 24.0 Å². The number of carbonyl (C=O) groups is 5. The van der Waals surface area contributed by atoms with Crippen molar-refractivity contribution in [1.82, 2.24) is 20.5 Å². The average Bonchev–Trinajstić information content (AvgIpc) is 3.30. The number of carbonyl (C=O) groups excluding carboxylic acids is 5. The molecule has 4 amide bonds. The number of methoxy groups -OCH3 is 1. The smallest absolute Gasteiger partial charge is 0.410 e. The van der Waals surface area contributed by atoms with Crippen molar-refractivity contribution < 1.29 is 33.4 Å². The highest BCUT2D eigenvalue weighted by Gasteiger charge is 2.38. The van der Waals surface area contributed by atoms with Gasteiger partial charge in [-0.2, -0.15) is 0 Å². The van der Waals surface area contributed by atoms with Gasteiger partial charge in [-0.05, 0) is 51.7 Å². The second-order valence-corrected chi connectivity index (χ2v) is 9.55. The number of esters is 1. The lowest BCUT2D eigenvalue weighted by Crippen LogP contribution is -2.56. The number of ether oxygens (including phenoxy) is 2. The van der Waals surface area contributed by atoms with E-state index < -0.39 is 53.5 Å². The van der Waals surface area contributed by atoms with Crippen molar-refractivity contribution >= 4 is 29.8 Å². The Morgan fingerprint density at radius 1 is 1.19 bits per heavy atom. The second-order valence-electron chi connectivity index (χ2n) is 9.55. The molecule has 12 nitrogen and oxygen atoms in total. The van der Waals surface area contributed by atoms with E-state index in [1.165, 1.54) is 4.90 Å². The Balaban J connectivity index is 2.20. The van der Waals surface area contributed by atoms with E-state index in [-0.39, 0.29) is 19.3 Å². The first kappa shape index (κ1) is 28.5. The van der Waals surface area contributed by atoms with Crippen LogP contribution in [0.1, 0.15) is 52.0 Å². The first-order valence-electron chi connectivity index (χ1n) is 11.8. The minimum atomic E-state index is -1.13. The largest absolute Gasteiger partial charge is 0.467 e. The Morgan fingerprint density at radius 2 is 1.92 bits per heavy atom. The molecule has 0 aliphatic carbocycles. The standard InChI is InChI=1S/C24H35N5O7/c1-24(2,3)36-23(34)29-12-6-8-18(29)21(32)28-17(13-15-7-5-11-26-14-15)20(31)27-16(22(33)35-4)9-10-19(25)30/h5,7,11,14,16-18H,6,8-10,12-13H2,1-4H3,(H2,25,30)(H,27,31)(H,28,32)/t16-,17-,18-/m0/s1. The Labute approximate surface area is 210 Å². The number of nitrogens with zero attached hydrogens (tertiary/aromatic N) is 2. The summed E-state index contributed by atoms with van der Waals surface area (Å²) in [5.41, 5.74) is 5.12. The van der Waals surface area contributed by atoms with E-state index in [2.05, 4.69) is 15.6 Å². The molecule has 0 spiro atoms. The molecule has 1 aliphatic heterocycles. The second kappa shape index (κ2) is 12.8. The molecule has 3 atom stereocenters. The minimum absolute atomic E-state index is 0.0592. The molecular formula is C24H35N5O7. The van der Waals surface area contributed by atoms with E-state index in [4.69, 9.17) is 15.2 Å². The molecule has 1 saturated heterocycles. The zero-order chi connectivity index (χ0) is 26.9. The van der Waals surface area contributed by atoms with Gasteiger partial charge in [0.05, 0.1) is 7.11 Å². The lowest BCUT2D eigenvalue weighted by atomic mass is 10.0. The number of nitrogens with one attached hydrogen (secondary N) is 2. The van der Waals surface area contributed by atoms with E-state index in [1.54, 1.807) is 45.3 Å². The third-order valence-corrected chi connectivity index (χ3v) is 5.46. The van der Waals surface area contributed by atoms with Gasteiger partial charge in [-0.1, -0.05) is 6.07 Å². The number of hydrogen-bond donors (Lipinski definition) is 3. The van der Waals surface area contributed by atoms with Crippen LogP contribution in [0, 0.1) is 0 Å². The number of amides is 4. The van der Waals surface area contributed by atoms with Gasteiger partial charge in [0.15, 0.2) is 0 Å². The number of primary amides is 1. The number of pyridine rings is 1. The Morgan fingerprint density at radius 3 is 2.50 bits per heavy atom. The normalized spacial score (nSPS) is 17.0. The monoisotopic (exact) mass is 505 g/mol. The molecule has 1 aromatic heterocycles. The van der Waals surface area contributed by atoms with Gasteiger partial charge in [-0.3, -0.25) is 24.3 Å². The highest BCUT2D eigenvalue weighted by atomic mass is 16.6. The zero-order valence-corrected chi connectivity index (χ0v) is 21.1. The van der Waals surface area contributed by atoms with Gasteiger partial charge in [-0.25, -0.2) is 9.59 Å². The van der Waals surface area contributed by atoms with Crippen LogP contribution in [0.15, 0.2) is 24.5 Å². The van der Waals surface area contributed by atoms with Gasteiger partial charge in [0.25, 0.3) is 0 Å². The van der Waals surface area contributed by atoms with Crippen molar-refractivity contribution in [2.75, 3.05) is 13.7 Å². The summed E-state index contributed by atoms with van der Waals surface area (Å²) in [4.78, 5) is 67.8. The molecular weight excluding hydrogens is 470 g/mol. The van der Waals surface area contributed by atoms with E-state index in [0.29, 0.717) is 24.9 Å². The quantitative estimate of drug-likeness (QED) is 0.384. The summed E-state index contributed by atoms with van der Waals surface area (Å²) in [6.07, 6.45) is 3.41. The minimum Gasteiger partial charge on any atom is -0.467 e. The fourth-order valence-corrected chi connectivity index (χ4v) is 3.76. The van der Waals surface area contributed by atoms with E-state index >= 15 is 0 Å². The number of aromatic nitrogens is 1. The first-order valence-corrected chi connectivity index (χ1v) is 11.8. The number of nitrogens with two attached hydrogens (primary N) is 1. The van der Waals surface area contributed by atoms with Gasteiger partial charge in [0.1, 0.15) is 23.7 Å². The van der Waals surface area contributed by atoms with Crippen molar-refractivity contribution in [3.63, 3.8) is 0 Å². The molecule has 1 aliphatic rings. The maximum Gasteiger partial charge on any atom is 0.410 e. The average molecular weight is 506 g/mol. The summed E-state index contributed by atoms with van der Waals surface area (Å²) in [7, 11) is 1.16.